The Labute approximate surface area is 176 Å². The van der Waals surface area contributed by atoms with Crippen LogP contribution in [0.25, 0.3) is 0 Å². The maximum atomic E-state index is 5.66. The molecule has 0 aromatic carbocycles. The minimum absolute atomic E-state index is 0. The van der Waals surface area contributed by atoms with Crippen LogP contribution in [0.5, 0.6) is 5.88 Å². The average molecular weight is 490 g/mol. The summed E-state index contributed by atoms with van der Waals surface area (Å²) in [7, 11) is 3.42. The lowest BCUT2D eigenvalue weighted by atomic mass is 10.1. The molecule has 144 valence electrons. The second-order valence-electron chi connectivity index (χ2n) is 5.53. The fourth-order valence-corrected chi connectivity index (χ4v) is 3.02. The molecule has 2 aromatic rings. The van der Waals surface area contributed by atoms with Gasteiger partial charge in [-0.2, -0.15) is 0 Å². The van der Waals surface area contributed by atoms with Crippen LogP contribution in [0.2, 0.25) is 0 Å². The van der Waals surface area contributed by atoms with Crippen LogP contribution < -0.4 is 15.4 Å². The Kier molecular flexibility index (Phi) is 11.2. The summed E-state index contributed by atoms with van der Waals surface area (Å²) >= 11 is 1.78. The second kappa shape index (κ2) is 12.9. The van der Waals surface area contributed by atoms with Crippen molar-refractivity contribution >= 4 is 41.3 Å². The lowest BCUT2D eigenvalue weighted by Gasteiger charge is -2.16. The number of pyridine rings is 1. The van der Waals surface area contributed by atoms with Gasteiger partial charge in [-0.25, -0.2) is 4.98 Å². The highest BCUT2D eigenvalue weighted by Gasteiger charge is 2.09. The van der Waals surface area contributed by atoms with E-state index in [1.165, 1.54) is 4.88 Å². The van der Waals surface area contributed by atoms with Crippen LogP contribution in [-0.2, 0) is 11.3 Å². The smallest absolute Gasteiger partial charge is 0.218 e. The van der Waals surface area contributed by atoms with Crippen molar-refractivity contribution in [2.45, 2.75) is 19.4 Å². The highest BCUT2D eigenvalue weighted by atomic mass is 127. The SMILES string of the molecule is CN=C(NCc1cccnc1OCCOC)NCC(C)c1cccs1.I. The largest absolute Gasteiger partial charge is 0.475 e. The van der Waals surface area contributed by atoms with E-state index >= 15 is 0 Å². The first kappa shape index (κ1) is 22.7. The van der Waals surface area contributed by atoms with Gasteiger partial charge in [0.1, 0.15) is 6.61 Å². The third-order valence-electron chi connectivity index (χ3n) is 3.65. The quantitative estimate of drug-likeness (QED) is 0.245. The van der Waals surface area contributed by atoms with Gasteiger partial charge in [0.25, 0.3) is 0 Å². The van der Waals surface area contributed by atoms with Gasteiger partial charge < -0.3 is 20.1 Å². The Balaban J connectivity index is 0.00000338. The number of hydrogen-bond acceptors (Lipinski definition) is 5. The summed E-state index contributed by atoms with van der Waals surface area (Å²) in [4.78, 5) is 9.93. The molecule has 2 heterocycles. The van der Waals surface area contributed by atoms with Crippen molar-refractivity contribution in [3.63, 3.8) is 0 Å². The molecule has 6 nitrogen and oxygen atoms in total. The summed E-state index contributed by atoms with van der Waals surface area (Å²) < 4.78 is 10.7. The summed E-state index contributed by atoms with van der Waals surface area (Å²) in [6, 6.07) is 8.13. The fourth-order valence-electron chi connectivity index (χ4n) is 2.23. The molecule has 1 atom stereocenters. The van der Waals surface area contributed by atoms with Crippen LogP contribution in [0.4, 0.5) is 0 Å². The Morgan fingerprint density at radius 3 is 2.81 bits per heavy atom. The third kappa shape index (κ3) is 7.46. The Bertz CT molecular complexity index is 652. The van der Waals surface area contributed by atoms with Crippen LogP contribution in [0.15, 0.2) is 40.8 Å². The molecule has 0 aliphatic rings. The van der Waals surface area contributed by atoms with E-state index in [1.54, 1.807) is 31.7 Å². The number of halogens is 1. The van der Waals surface area contributed by atoms with E-state index in [0.717, 1.165) is 18.1 Å². The first-order valence-corrected chi connectivity index (χ1v) is 9.16. The van der Waals surface area contributed by atoms with Crippen molar-refractivity contribution in [3.8, 4) is 5.88 Å². The molecule has 0 aliphatic heterocycles. The Morgan fingerprint density at radius 1 is 1.27 bits per heavy atom. The van der Waals surface area contributed by atoms with Crippen LogP contribution in [-0.4, -0.2) is 44.9 Å². The molecule has 0 saturated heterocycles. The lowest BCUT2D eigenvalue weighted by molar-refractivity contribution is 0.143. The maximum Gasteiger partial charge on any atom is 0.218 e. The molecule has 0 bridgehead atoms. The van der Waals surface area contributed by atoms with Gasteiger partial charge in [0.05, 0.1) is 6.61 Å². The number of aliphatic imine (C=N–C) groups is 1. The van der Waals surface area contributed by atoms with Crippen molar-refractivity contribution in [3.05, 3.63) is 46.3 Å². The van der Waals surface area contributed by atoms with Crippen LogP contribution in [0, 0.1) is 0 Å². The third-order valence-corrected chi connectivity index (χ3v) is 4.75. The predicted molar refractivity (Wildman–Crippen MR) is 118 cm³/mol. The zero-order valence-electron chi connectivity index (χ0n) is 15.4. The fraction of sp³-hybridized carbons (Fsp3) is 0.444. The van der Waals surface area contributed by atoms with E-state index < -0.39 is 0 Å². The van der Waals surface area contributed by atoms with E-state index in [2.05, 4.69) is 45.0 Å². The average Bonchev–Trinajstić information content (AvgIpc) is 3.17. The number of hydrogen-bond donors (Lipinski definition) is 2. The van der Waals surface area contributed by atoms with Crippen LogP contribution >= 0.6 is 35.3 Å². The first-order valence-electron chi connectivity index (χ1n) is 8.28. The van der Waals surface area contributed by atoms with Crippen molar-refractivity contribution in [2.24, 2.45) is 4.99 Å². The monoisotopic (exact) mass is 490 g/mol. The lowest BCUT2D eigenvalue weighted by Crippen LogP contribution is -2.38. The molecule has 2 N–H and O–H groups in total. The molecule has 0 fully saturated rings. The van der Waals surface area contributed by atoms with Gasteiger partial charge in [0.15, 0.2) is 5.96 Å². The van der Waals surface area contributed by atoms with Crippen LogP contribution in [0.1, 0.15) is 23.3 Å². The van der Waals surface area contributed by atoms with E-state index in [1.807, 2.05) is 12.1 Å². The molecule has 8 heteroatoms. The standard InChI is InChI=1S/C18H26N4O2S.HI/c1-14(16-7-5-11-25-16)12-21-18(19-2)22-13-15-6-4-8-20-17(15)24-10-9-23-3;/h4-8,11,14H,9-10,12-13H2,1-3H3,(H2,19,21,22);1H. The minimum Gasteiger partial charge on any atom is -0.475 e. The number of methoxy groups -OCH3 is 1. The van der Waals surface area contributed by atoms with Crippen molar-refractivity contribution in [1.82, 2.24) is 15.6 Å². The molecule has 0 amide bonds. The zero-order valence-corrected chi connectivity index (χ0v) is 18.5. The normalized spacial score (nSPS) is 12.2. The van der Waals surface area contributed by atoms with Gasteiger partial charge in [-0.3, -0.25) is 4.99 Å². The molecule has 0 radical (unpaired) electrons. The van der Waals surface area contributed by atoms with E-state index in [9.17, 15) is 0 Å². The number of rotatable bonds is 9. The molecule has 26 heavy (non-hydrogen) atoms. The number of thiophene rings is 1. The van der Waals surface area contributed by atoms with Crippen molar-refractivity contribution in [2.75, 3.05) is 33.9 Å². The Morgan fingerprint density at radius 2 is 2.12 bits per heavy atom. The summed E-state index contributed by atoms with van der Waals surface area (Å²) in [5, 5.41) is 8.78. The number of nitrogens with zero attached hydrogens (tertiary/aromatic N) is 2. The van der Waals surface area contributed by atoms with Gasteiger partial charge in [-0.1, -0.05) is 19.1 Å². The molecule has 2 rings (SSSR count). The van der Waals surface area contributed by atoms with E-state index in [0.29, 0.717) is 31.6 Å². The summed E-state index contributed by atoms with van der Waals surface area (Å²) in [6.45, 7) is 4.63. The first-order chi connectivity index (χ1) is 12.2. The topological polar surface area (TPSA) is 67.8 Å². The van der Waals surface area contributed by atoms with Gasteiger partial charge in [-0.15, -0.1) is 35.3 Å². The minimum atomic E-state index is 0. The zero-order chi connectivity index (χ0) is 17.9. The van der Waals surface area contributed by atoms with E-state index in [-0.39, 0.29) is 24.0 Å². The molecule has 0 saturated carbocycles. The molecular formula is C18H27IN4O2S. The van der Waals surface area contributed by atoms with Gasteiger partial charge in [-0.05, 0) is 17.5 Å². The number of ether oxygens (including phenoxy) is 2. The Hall–Kier alpha value is -1.39. The van der Waals surface area contributed by atoms with Gasteiger partial charge >= 0.3 is 0 Å². The summed E-state index contributed by atoms with van der Waals surface area (Å²) in [5.74, 6) is 1.81. The predicted octanol–water partition coefficient (Wildman–Crippen LogP) is 3.26. The van der Waals surface area contributed by atoms with Crippen LogP contribution in [0.3, 0.4) is 0 Å². The molecule has 0 spiro atoms. The molecule has 2 aromatic heterocycles. The van der Waals surface area contributed by atoms with E-state index in [4.69, 9.17) is 9.47 Å². The van der Waals surface area contributed by atoms with Gasteiger partial charge in [0, 0.05) is 49.8 Å². The number of nitrogens with one attached hydrogen (secondary N) is 2. The van der Waals surface area contributed by atoms with Crippen molar-refractivity contribution < 1.29 is 9.47 Å². The number of aromatic nitrogens is 1. The highest BCUT2D eigenvalue weighted by molar-refractivity contribution is 14.0. The number of guanidine groups is 1. The highest BCUT2D eigenvalue weighted by Crippen LogP contribution is 2.19. The second-order valence-corrected chi connectivity index (χ2v) is 6.51. The maximum absolute atomic E-state index is 5.66. The summed E-state index contributed by atoms with van der Waals surface area (Å²) in [6.07, 6.45) is 1.72. The van der Waals surface area contributed by atoms with Gasteiger partial charge in [0.2, 0.25) is 5.88 Å². The molecule has 0 aliphatic carbocycles. The molecular weight excluding hydrogens is 463 g/mol. The van der Waals surface area contributed by atoms with Crippen molar-refractivity contribution in [1.29, 1.82) is 0 Å². The summed E-state index contributed by atoms with van der Waals surface area (Å²) in [5.41, 5.74) is 0.979. The molecule has 1 unspecified atom stereocenters.